The number of ether oxygens (including phenoxy) is 1. The van der Waals surface area contributed by atoms with Crippen LogP contribution in [0.15, 0.2) is 77.8 Å². The predicted molar refractivity (Wildman–Crippen MR) is 125 cm³/mol. The number of carbonyl (C=O) groups excluding carboxylic acids is 1. The first-order valence-corrected chi connectivity index (χ1v) is 11.6. The van der Waals surface area contributed by atoms with Gasteiger partial charge in [0.25, 0.3) is 10.0 Å². The number of carbonyl (C=O) groups is 1. The SMILES string of the molecule is CNC(=O)OCc1cn(S(=O)(=O)c2ccccc2)c2cc(Nc3ccc(C)cc3F)ccc12. The van der Waals surface area contributed by atoms with E-state index >= 15 is 0 Å². The van der Waals surface area contributed by atoms with Crippen molar-refractivity contribution in [2.75, 3.05) is 12.4 Å². The van der Waals surface area contributed by atoms with Gasteiger partial charge >= 0.3 is 6.09 Å². The predicted octanol–water partition coefficient (Wildman–Crippen LogP) is 4.93. The number of nitrogens with one attached hydrogen (secondary N) is 2. The molecule has 0 aliphatic carbocycles. The molecule has 1 amide bonds. The lowest BCUT2D eigenvalue weighted by Gasteiger charge is -2.11. The fraction of sp³-hybridized carbons (Fsp3) is 0.125. The summed E-state index contributed by atoms with van der Waals surface area (Å²) < 4.78 is 47.4. The summed E-state index contributed by atoms with van der Waals surface area (Å²) in [5.41, 5.74) is 2.45. The molecule has 33 heavy (non-hydrogen) atoms. The first-order chi connectivity index (χ1) is 15.8. The Morgan fingerprint density at radius 3 is 2.52 bits per heavy atom. The summed E-state index contributed by atoms with van der Waals surface area (Å²) >= 11 is 0. The van der Waals surface area contributed by atoms with Crippen molar-refractivity contribution in [2.45, 2.75) is 18.4 Å². The van der Waals surface area contributed by atoms with Gasteiger partial charge in [0.15, 0.2) is 0 Å². The zero-order valence-electron chi connectivity index (χ0n) is 18.0. The number of aryl methyl sites for hydroxylation is 1. The summed E-state index contributed by atoms with van der Waals surface area (Å²) in [6, 6.07) is 17.9. The van der Waals surface area contributed by atoms with Crippen LogP contribution < -0.4 is 10.6 Å². The molecule has 0 unspecified atom stereocenters. The number of hydrogen-bond acceptors (Lipinski definition) is 5. The van der Waals surface area contributed by atoms with Gasteiger partial charge in [-0.05, 0) is 48.9 Å². The molecule has 1 aromatic heterocycles. The van der Waals surface area contributed by atoms with Crippen molar-refractivity contribution in [3.8, 4) is 0 Å². The maximum Gasteiger partial charge on any atom is 0.407 e. The average Bonchev–Trinajstić information content (AvgIpc) is 3.18. The molecule has 0 aliphatic rings. The Morgan fingerprint density at radius 1 is 1.06 bits per heavy atom. The second-order valence-corrected chi connectivity index (χ2v) is 9.25. The van der Waals surface area contributed by atoms with Gasteiger partial charge in [-0.3, -0.25) is 0 Å². The van der Waals surface area contributed by atoms with Crippen LogP contribution in [0.3, 0.4) is 0 Å². The first kappa shape index (κ1) is 22.3. The Hall–Kier alpha value is -3.85. The largest absolute Gasteiger partial charge is 0.445 e. The molecular weight excluding hydrogens is 445 g/mol. The van der Waals surface area contributed by atoms with Gasteiger partial charge in [0, 0.05) is 29.9 Å². The molecule has 0 saturated carbocycles. The molecule has 0 radical (unpaired) electrons. The standard InChI is InChI=1S/C24H22FN3O4S/c1-16-8-11-22(21(25)12-16)27-18-9-10-20-17(15-32-24(29)26-2)14-28(23(20)13-18)33(30,31)19-6-4-3-5-7-19/h3-14,27H,15H2,1-2H3,(H,26,29). The Labute approximate surface area is 190 Å². The lowest BCUT2D eigenvalue weighted by molar-refractivity contribution is 0.142. The van der Waals surface area contributed by atoms with E-state index in [9.17, 15) is 17.6 Å². The summed E-state index contributed by atoms with van der Waals surface area (Å²) in [6.45, 7) is 1.68. The number of aromatic nitrogens is 1. The number of fused-ring (bicyclic) bond motifs is 1. The Balaban J connectivity index is 1.82. The quantitative estimate of drug-likeness (QED) is 0.420. The summed E-state index contributed by atoms with van der Waals surface area (Å²) in [5, 5.41) is 5.95. The average molecular weight is 468 g/mol. The van der Waals surface area contributed by atoms with Crippen molar-refractivity contribution in [3.63, 3.8) is 0 Å². The highest BCUT2D eigenvalue weighted by Gasteiger charge is 2.22. The number of rotatable bonds is 6. The zero-order valence-corrected chi connectivity index (χ0v) is 18.8. The monoisotopic (exact) mass is 467 g/mol. The third kappa shape index (κ3) is 4.54. The molecule has 1 heterocycles. The summed E-state index contributed by atoms with van der Waals surface area (Å²) in [4.78, 5) is 11.7. The molecule has 0 spiro atoms. The molecule has 7 nitrogen and oxygen atoms in total. The van der Waals surface area contributed by atoms with Crippen molar-refractivity contribution in [1.82, 2.24) is 9.29 Å². The third-order valence-electron chi connectivity index (χ3n) is 5.12. The molecule has 0 saturated heterocycles. The molecular formula is C24H22FN3O4S. The molecule has 4 rings (SSSR count). The number of anilines is 2. The number of amides is 1. The van der Waals surface area contributed by atoms with Crippen LogP contribution in [0.1, 0.15) is 11.1 Å². The number of hydrogen-bond donors (Lipinski definition) is 2. The van der Waals surface area contributed by atoms with E-state index in [1.165, 1.54) is 31.4 Å². The van der Waals surface area contributed by atoms with Crippen LogP contribution >= 0.6 is 0 Å². The van der Waals surface area contributed by atoms with Crippen molar-refractivity contribution >= 4 is 38.4 Å². The van der Waals surface area contributed by atoms with Gasteiger partial charge in [-0.15, -0.1) is 0 Å². The Kier molecular flexibility index (Phi) is 6.06. The van der Waals surface area contributed by atoms with Gasteiger partial charge in [-0.2, -0.15) is 0 Å². The van der Waals surface area contributed by atoms with Crippen molar-refractivity contribution in [3.05, 3.63) is 89.9 Å². The van der Waals surface area contributed by atoms with E-state index in [2.05, 4.69) is 10.6 Å². The second kappa shape index (κ2) is 8.95. The summed E-state index contributed by atoms with van der Waals surface area (Å²) in [5.74, 6) is -0.415. The van der Waals surface area contributed by atoms with E-state index in [0.29, 0.717) is 22.2 Å². The molecule has 0 aliphatic heterocycles. The molecule has 0 fully saturated rings. The first-order valence-electron chi connectivity index (χ1n) is 10.1. The maximum atomic E-state index is 14.3. The van der Waals surface area contributed by atoms with Gasteiger partial charge in [-0.1, -0.05) is 30.3 Å². The molecule has 3 aromatic carbocycles. The highest BCUT2D eigenvalue weighted by molar-refractivity contribution is 7.90. The number of benzene rings is 3. The normalized spacial score (nSPS) is 11.4. The van der Waals surface area contributed by atoms with Gasteiger partial charge in [0.1, 0.15) is 12.4 Å². The van der Waals surface area contributed by atoms with Crippen molar-refractivity contribution < 1.29 is 22.3 Å². The molecule has 2 N–H and O–H groups in total. The van der Waals surface area contributed by atoms with Crippen molar-refractivity contribution in [1.29, 1.82) is 0 Å². The Morgan fingerprint density at radius 2 is 1.82 bits per heavy atom. The van der Waals surface area contributed by atoms with Crippen LogP contribution in [0.25, 0.3) is 10.9 Å². The van der Waals surface area contributed by atoms with Crippen LogP contribution in [0.4, 0.5) is 20.6 Å². The second-order valence-electron chi connectivity index (χ2n) is 7.43. The van der Waals surface area contributed by atoms with E-state index in [1.807, 2.05) is 0 Å². The van der Waals surface area contributed by atoms with E-state index in [4.69, 9.17) is 4.74 Å². The highest BCUT2D eigenvalue weighted by atomic mass is 32.2. The van der Waals surface area contributed by atoms with Crippen LogP contribution in [-0.4, -0.2) is 25.5 Å². The Bertz CT molecular complexity index is 1430. The molecule has 0 bridgehead atoms. The van der Waals surface area contributed by atoms with Crippen LogP contribution in [0.2, 0.25) is 0 Å². The highest BCUT2D eigenvalue weighted by Crippen LogP contribution is 2.30. The minimum atomic E-state index is -3.93. The minimum absolute atomic E-state index is 0.114. The topological polar surface area (TPSA) is 89.4 Å². The zero-order chi connectivity index (χ0) is 23.6. The fourth-order valence-electron chi connectivity index (χ4n) is 3.46. The smallest absolute Gasteiger partial charge is 0.407 e. The van der Waals surface area contributed by atoms with Gasteiger partial charge in [-0.25, -0.2) is 21.6 Å². The van der Waals surface area contributed by atoms with Gasteiger partial charge in [0.2, 0.25) is 0 Å². The fourth-order valence-corrected chi connectivity index (χ4v) is 4.86. The number of nitrogens with zero attached hydrogens (tertiary/aromatic N) is 1. The molecule has 0 atom stereocenters. The van der Waals surface area contributed by atoms with Crippen LogP contribution in [-0.2, 0) is 21.4 Å². The van der Waals surface area contributed by atoms with Crippen molar-refractivity contribution in [2.24, 2.45) is 0 Å². The number of halogens is 1. The third-order valence-corrected chi connectivity index (χ3v) is 6.81. The lowest BCUT2D eigenvalue weighted by Crippen LogP contribution is -2.18. The van der Waals surface area contributed by atoms with Gasteiger partial charge in [0.05, 0.1) is 16.1 Å². The minimum Gasteiger partial charge on any atom is -0.445 e. The molecule has 170 valence electrons. The van der Waals surface area contributed by atoms with Crippen LogP contribution in [0, 0.1) is 12.7 Å². The lowest BCUT2D eigenvalue weighted by atomic mass is 10.1. The summed E-state index contributed by atoms with van der Waals surface area (Å²) in [6.07, 6.45) is 0.807. The van der Waals surface area contributed by atoms with Gasteiger partial charge < -0.3 is 15.4 Å². The van der Waals surface area contributed by atoms with Crippen LogP contribution in [0.5, 0.6) is 0 Å². The maximum absolute atomic E-state index is 14.3. The number of alkyl carbamates (subject to hydrolysis) is 1. The van der Waals surface area contributed by atoms with E-state index in [0.717, 1.165) is 9.54 Å². The molecule has 4 aromatic rings. The van der Waals surface area contributed by atoms with E-state index in [1.54, 1.807) is 55.5 Å². The molecule has 9 heteroatoms. The van der Waals surface area contributed by atoms with E-state index in [-0.39, 0.29) is 17.2 Å². The summed E-state index contributed by atoms with van der Waals surface area (Å²) in [7, 11) is -2.50. The van der Waals surface area contributed by atoms with E-state index < -0.39 is 21.9 Å².